The topological polar surface area (TPSA) is 72.6 Å². The Kier molecular flexibility index (Phi) is 4.32. The lowest BCUT2D eigenvalue weighted by Gasteiger charge is -2.31. The highest BCUT2D eigenvalue weighted by molar-refractivity contribution is 5.97. The van der Waals surface area contributed by atoms with Crippen molar-refractivity contribution in [3.63, 3.8) is 0 Å². The van der Waals surface area contributed by atoms with Crippen LogP contribution in [0.2, 0.25) is 0 Å². The number of ether oxygens (including phenoxy) is 1. The number of Topliss-reactive ketones (excluding diaryl/α,β-unsaturated/α-hetero) is 1. The molecule has 0 radical (unpaired) electrons. The molecule has 21 heavy (non-hydrogen) atoms. The molecule has 5 heteroatoms. The van der Waals surface area contributed by atoms with Gasteiger partial charge in [-0.25, -0.2) is 4.79 Å². The molecule has 0 fully saturated rings. The first-order valence-corrected chi connectivity index (χ1v) is 7.13. The first-order valence-electron chi connectivity index (χ1n) is 7.13. The molecule has 0 aromatic heterocycles. The van der Waals surface area contributed by atoms with Gasteiger partial charge in [-0.15, -0.1) is 0 Å². The minimum Gasteiger partial charge on any atom is -0.444 e. The molecule has 0 aliphatic carbocycles. The molecule has 1 aromatic carbocycles. The molecule has 1 amide bonds. The summed E-state index contributed by atoms with van der Waals surface area (Å²) in [4.78, 5) is 25.4. The van der Waals surface area contributed by atoms with Crippen molar-refractivity contribution < 1.29 is 14.3 Å². The van der Waals surface area contributed by atoms with E-state index in [4.69, 9.17) is 10.5 Å². The van der Waals surface area contributed by atoms with Crippen molar-refractivity contribution in [1.82, 2.24) is 4.90 Å². The number of nitrogens with zero attached hydrogens (tertiary/aromatic N) is 1. The maximum absolute atomic E-state index is 12.1. The van der Waals surface area contributed by atoms with Crippen molar-refractivity contribution in [2.24, 2.45) is 5.73 Å². The molecule has 0 atom stereocenters. The van der Waals surface area contributed by atoms with E-state index in [1.165, 1.54) is 0 Å². The number of nitrogens with two attached hydrogens (primary N) is 1. The largest absolute Gasteiger partial charge is 0.444 e. The molecule has 0 spiro atoms. The van der Waals surface area contributed by atoms with E-state index in [-0.39, 0.29) is 18.4 Å². The van der Waals surface area contributed by atoms with Crippen LogP contribution in [0, 0.1) is 0 Å². The number of carbonyl (C=O) groups is 2. The molecule has 5 nitrogen and oxygen atoms in total. The van der Waals surface area contributed by atoms with E-state index >= 15 is 0 Å². The van der Waals surface area contributed by atoms with Gasteiger partial charge in [-0.05, 0) is 44.4 Å². The standard InChI is InChI=1S/C16H22N2O3/c1-16(2,3)21-15(20)18-7-6-11-8-12(14(19)9-17)4-5-13(11)10-18/h4-5,8H,6-7,9-10,17H2,1-3H3. The Bertz CT molecular complexity index is 561. The monoisotopic (exact) mass is 290 g/mol. The van der Waals surface area contributed by atoms with Crippen molar-refractivity contribution >= 4 is 11.9 Å². The summed E-state index contributed by atoms with van der Waals surface area (Å²) >= 11 is 0. The molecule has 0 bridgehead atoms. The van der Waals surface area contributed by atoms with Gasteiger partial charge in [-0.1, -0.05) is 12.1 Å². The van der Waals surface area contributed by atoms with Crippen LogP contribution in [0.4, 0.5) is 4.79 Å². The minimum atomic E-state index is -0.491. The van der Waals surface area contributed by atoms with Gasteiger partial charge in [0.15, 0.2) is 5.78 Å². The maximum atomic E-state index is 12.1. The van der Waals surface area contributed by atoms with Crippen LogP contribution in [0.15, 0.2) is 18.2 Å². The fourth-order valence-electron chi connectivity index (χ4n) is 2.33. The van der Waals surface area contributed by atoms with E-state index in [0.29, 0.717) is 18.7 Å². The zero-order valence-electron chi connectivity index (χ0n) is 12.8. The normalized spacial score (nSPS) is 14.6. The van der Waals surface area contributed by atoms with Gasteiger partial charge >= 0.3 is 6.09 Å². The predicted octanol–water partition coefficient (Wildman–Crippen LogP) is 2.12. The number of rotatable bonds is 2. The number of benzene rings is 1. The SMILES string of the molecule is CC(C)(C)OC(=O)N1CCc2cc(C(=O)CN)ccc2C1. The summed E-state index contributed by atoms with van der Waals surface area (Å²) in [5, 5.41) is 0. The summed E-state index contributed by atoms with van der Waals surface area (Å²) in [5.41, 5.74) is 7.69. The van der Waals surface area contributed by atoms with Gasteiger partial charge in [0, 0.05) is 18.7 Å². The third-order valence-corrected chi connectivity index (χ3v) is 3.38. The Labute approximate surface area is 125 Å². The quantitative estimate of drug-likeness (QED) is 0.847. The highest BCUT2D eigenvalue weighted by atomic mass is 16.6. The van der Waals surface area contributed by atoms with Crippen molar-refractivity contribution in [1.29, 1.82) is 0 Å². The number of ketones is 1. The lowest BCUT2D eigenvalue weighted by atomic mass is 9.96. The summed E-state index contributed by atoms with van der Waals surface area (Å²) in [6.07, 6.45) is 0.426. The minimum absolute atomic E-state index is 0.0167. The summed E-state index contributed by atoms with van der Waals surface area (Å²) < 4.78 is 5.39. The van der Waals surface area contributed by atoms with Gasteiger partial charge < -0.3 is 15.4 Å². The third kappa shape index (κ3) is 3.82. The highest BCUT2D eigenvalue weighted by Crippen LogP contribution is 2.22. The second kappa shape index (κ2) is 5.85. The number of fused-ring (bicyclic) bond motifs is 1. The van der Waals surface area contributed by atoms with E-state index in [1.807, 2.05) is 32.9 Å². The molecule has 0 unspecified atom stereocenters. The molecule has 0 saturated heterocycles. The molecule has 1 heterocycles. The van der Waals surface area contributed by atoms with Crippen LogP contribution < -0.4 is 5.73 Å². The molecule has 2 rings (SSSR count). The Morgan fingerprint density at radius 2 is 2.00 bits per heavy atom. The molecular weight excluding hydrogens is 268 g/mol. The fraction of sp³-hybridized carbons (Fsp3) is 0.500. The Morgan fingerprint density at radius 3 is 2.62 bits per heavy atom. The van der Waals surface area contributed by atoms with E-state index < -0.39 is 5.60 Å². The molecule has 1 aromatic rings. The van der Waals surface area contributed by atoms with Gasteiger partial charge in [0.1, 0.15) is 5.60 Å². The van der Waals surface area contributed by atoms with Crippen LogP contribution >= 0.6 is 0 Å². The second-order valence-electron chi connectivity index (χ2n) is 6.26. The van der Waals surface area contributed by atoms with E-state index in [0.717, 1.165) is 17.5 Å². The zero-order chi connectivity index (χ0) is 15.6. The number of amides is 1. The first kappa shape index (κ1) is 15.5. The van der Waals surface area contributed by atoms with Crippen LogP contribution in [0.5, 0.6) is 0 Å². The van der Waals surface area contributed by atoms with Crippen molar-refractivity contribution in [3.8, 4) is 0 Å². The van der Waals surface area contributed by atoms with Gasteiger partial charge in [0.05, 0.1) is 6.54 Å². The molecule has 1 aliphatic rings. The Hall–Kier alpha value is -1.88. The molecular formula is C16H22N2O3. The van der Waals surface area contributed by atoms with Gasteiger partial charge in [-0.2, -0.15) is 0 Å². The van der Waals surface area contributed by atoms with Crippen molar-refractivity contribution in [3.05, 3.63) is 34.9 Å². The van der Waals surface area contributed by atoms with Crippen molar-refractivity contribution in [2.75, 3.05) is 13.1 Å². The van der Waals surface area contributed by atoms with Crippen LogP contribution in [0.1, 0.15) is 42.3 Å². The van der Waals surface area contributed by atoms with Crippen LogP contribution in [0.3, 0.4) is 0 Å². The molecule has 114 valence electrons. The van der Waals surface area contributed by atoms with Crippen LogP contribution in [-0.4, -0.2) is 35.5 Å². The zero-order valence-corrected chi connectivity index (χ0v) is 12.8. The lowest BCUT2D eigenvalue weighted by Crippen LogP contribution is -2.39. The Balaban J connectivity index is 2.11. The maximum Gasteiger partial charge on any atom is 0.410 e. The van der Waals surface area contributed by atoms with Crippen LogP contribution in [-0.2, 0) is 17.7 Å². The number of carbonyl (C=O) groups excluding carboxylic acids is 2. The summed E-state index contributed by atoms with van der Waals surface area (Å²) in [6.45, 7) is 6.70. The first-order chi connectivity index (χ1) is 9.80. The number of hydrogen-bond donors (Lipinski definition) is 1. The van der Waals surface area contributed by atoms with Gasteiger partial charge in [0.25, 0.3) is 0 Å². The summed E-state index contributed by atoms with van der Waals surface area (Å²) in [6, 6.07) is 5.55. The molecule has 2 N–H and O–H groups in total. The molecule has 0 saturated carbocycles. The summed E-state index contributed by atoms with van der Waals surface area (Å²) in [7, 11) is 0. The predicted molar refractivity (Wildman–Crippen MR) is 80.2 cm³/mol. The highest BCUT2D eigenvalue weighted by Gasteiger charge is 2.25. The average molecular weight is 290 g/mol. The van der Waals surface area contributed by atoms with Gasteiger partial charge in [-0.3, -0.25) is 4.79 Å². The fourth-order valence-corrected chi connectivity index (χ4v) is 2.33. The van der Waals surface area contributed by atoms with E-state index in [9.17, 15) is 9.59 Å². The van der Waals surface area contributed by atoms with E-state index in [1.54, 1.807) is 11.0 Å². The van der Waals surface area contributed by atoms with Gasteiger partial charge in [0.2, 0.25) is 0 Å². The van der Waals surface area contributed by atoms with E-state index in [2.05, 4.69) is 0 Å². The Morgan fingerprint density at radius 1 is 1.29 bits per heavy atom. The van der Waals surface area contributed by atoms with Crippen molar-refractivity contribution in [2.45, 2.75) is 39.3 Å². The smallest absolute Gasteiger partial charge is 0.410 e. The molecule has 1 aliphatic heterocycles. The average Bonchev–Trinajstić information content (AvgIpc) is 2.43. The summed E-state index contributed by atoms with van der Waals surface area (Å²) in [5.74, 6) is -0.0626. The third-order valence-electron chi connectivity index (χ3n) is 3.38. The lowest BCUT2D eigenvalue weighted by molar-refractivity contribution is 0.0224. The van der Waals surface area contributed by atoms with Crippen LogP contribution in [0.25, 0.3) is 0 Å². The second-order valence-corrected chi connectivity index (χ2v) is 6.26. The number of hydrogen-bond acceptors (Lipinski definition) is 4.